The van der Waals surface area contributed by atoms with Gasteiger partial charge in [0, 0.05) is 13.0 Å². The fraction of sp³-hybridized carbons (Fsp3) is 0.429. The molecule has 0 fully saturated rings. The van der Waals surface area contributed by atoms with Crippen LogP contribution >= 0.6 is 0 Å². The Kier molecular flexibility index (Phi) is 5.52. The molecular formula is C14H19FN2O4. The molecule has 0 heterocycles. The van der Waals surface area contributed by atoms with Crippen molar-refractivity contribution < 1.29 is 23.8 Å². The van der Waals surface area contributed by atoms with Crippen LogP contribution in [0.2, 0.25) is 0 Å². The van der Waals surface area contributed by atoms with Crippen LogP contribution in [-0.2, 0) is 9.53 Å². The first kappa shape index (κ1) is 16.7. The van der Waals surface area contributed by atoms with Crippen LogP contribution in [0.25, 0.3) is 0 Å². The third kappa shape index (κ3) is 6.11. The van der Waals surface area contributed by atoms with E-state index in [1.54, 1.807) is 20.8 Å². The summed E-state index contributed by atoms with van der Waals surface area (Å²) in [5.41, 5.74) is -0.898. The number of hydrogen-bond acceptors (Lipinski definition) is 4. The van der Waals surface area contributed by atoms with Gasteiger partial charge in [0.25, 0.3) is 0 Å². The number of anilines is 1. The van der Waals surface area contributed by atoms with Gasteiger partial charge in [0.15, 0.2) is 5.82 Å². The highest BCUT2D eigenvalue weighted by atomic mass is 19.1. The summed E-state index contributed by atoms with van der Waals surface area (Å²) in [5.74, 6) is -1.63. The Morgan fingerprint density at radius 1 is 1.33 bits per heavy atom. The number of rotatable bonds is 4. The first-order chi connectivity index (χ1) is 9.69. The fourth-order valence-electron chi connectivity index (χ4n) is 1.43. The molecule has 0 saturated heterocycles. The summed E-state index contributed by atoms with van der Waals surface area (Å²) in [7, 11) is 0. The lowest BCUT2D eigenvalue weighted by molar-refractivity contribution is -0.116. The van der Waals surface area contributed by atoms with Crippen LogP contribution in [0, 0.1) is 5.82 Å². The Balaban J connectivity index is 2.40. The number of carbonyl (C=O) groups is 2. The molecule has 0 aliphatic carbocycles. The van der Waals surface area contributed by atoms with Gasteiger partial charge in [-0.3, -0.25) is 4.79 Å². The quantitative estimate of drug-likeness (QED) is 0.745. The number of nitrogens with one attached hydrogen (secondary N) is 2. The van der Waals surface area contributed by atoms with Crippen molar-refractivity contribution in [2.75, 3.05) is 11.9 Å². The minimum absolute atomic E-state index is 0.0377. The van der Waals surface area contributed by atoms with Crippen molar-refractivity contribution in [2.24, 2.45) is 0 Å². The third-order valence-corrected chi connectivity index (χ3v) is 2.28. The number of aromatic hydroxyl groups is 1. The second kappa shape index (κ2) is 6.92. The molecule has 0 aromatic heterocycles. The molecule has 2 amide bonds. The normalized spacial score (nSPS) is 10.9. The molecule has 0 aliphatic heterocycles. The van der Waals surface area contributed by atoms with Crippen molar-refractivity contribution in [2.45, 2.75) is 32.8 Å². The zero-order chi connectivity index (χ0) is 16.0. The van der Waals surface area contributed by atoms with Crippen molar-refractivity contribution >= 4 is 17.7 Å². The second-order valence-corrected chi connectivity index (χ2v) is 5.36. The van der Waals surface area contributed by atoms with E-state index in [-0.39, 0.29) is 24.4 Å². The van der Waals surface area contributed by atoms with Crippen molar-refractivity contribution in [3.05, 3.63) is 24.0 Å². The monoisotopic (exact) mass is 298 g/mol. The number of phenolic OH excluding ortho intramolecular Hbond substituents is 1. The third-order valence-electron chi connectivity index (χ3n) is 2.28. The number of alkyl carbamates (subject to hydrolysis) is 1. The SMILES string of the molecule is CC(C)(C)OC(=O)NCCC(=O)Nc1c(O)cccc1F. The van der Waals surface area contributed by atoms with Crippen LogP contribution in [0.4, 0.5) is 14.9 Å². The maximum absolute atomic E-state index is 13.4. The maximum Gasteiger partial charge on any atom is 0.407 e. The fourth-order valence-corrected chi connectivity index (χ4v) is 1.43. The van der Waals surface area contributed by atoms with Crippen molar-refractivity contribution in [3.63, 3.8) is 0 Å². The molecule has 1 aromatic carbocycles. The average molecular weight is 298 g/mol. The number of carbonyl (C=O) groups excluding carboxylic acids is 2. The highest BCUT2D eigenvalue weighted by molar-refractivity contribution is 5.92. The highest BCUT2D eigenvalue weighted by Crippen LogP contribution is 2.25. The molecule has 0 unspecified atom stereocenters. The summed E-state index contributed by atoms with van der Waals surface area (Å²) >= 11 is 0. The molecule has 3 N–H and O–H groups in total. The summed E-state index contributed by atoms with van der Waals surface area (Å²) in [5, 5.41) is 14.1. The summed E-state index contributed by atoms with van der Waals surface area (Å²) in [6, 6.07) is 3.70. The van der Waals surface area contributed by atoms with Crippen LogP contribution in [0.3, 0.4) is 0 Å². The van der Waals surface area contributed by atoms with Gasteiger partial charge >= 0.3 is 6.09 Å². The molecule has 116 valence electrons. The zero-order valence-electron chi connectivity index (χ0n) is 12.2. The van der Waals surface area contributed by atoms with Crippen molar-refractivity contribution in [3.8, 4) is 5.75 Å². The van der Waals surface area contributed by atoms with Gasteiger partial charge in [-0.25, -0.2) is 9.18 Å². The molecule has 1 rings (SSSR count). The lowest BCUT2D eigenvalue weighted by atomic mass is 10.2. The van der Waals surface area contributed by atoms with Gasteiger partial charge < -0.3 is 20.5 Å². The first-order valence-corrected chi connectivity index (χ1v) is 6.43. The maximum atomic E-state index is 13.4. The Labute approximate surface area is 122 Å². The van der Waals surface area contributed by atoms with Crippen LogP contribution in [0.5, 0.6) is 5.75 Å². The minimum Gasteiger partial charge on any atom is -0.506 e. The Bertz CT molecular complexity index is 506. The Hall–Kier alpha value is -2.31. The Morgan fingerprint density at radius 3 is 2.57 bits per heavy atom. The number of amides is 2. The summed E-state index contributed by atoms with van der Waals surface area (Å²) < 4.78 is 18.4. The predicted molar refractivity (Wildman–Crippen MR) is 75.5 cm³/mol. The topological polar surface area (TPSA) is 87.7 Å². The van der Waals surface area contributed by atoms with E-state index in [0.29, 0.717) is 0 Å². The lowest BCUT2D eigenvalue weighted by Crippen LogP contribution is -2.34. The lowest BCUT2D eigenvalue weighted by Gasteiger charge is -2.19. The number of hydrogen-bond donors (Lipinski definition) is 3. The molecule has 0 spiro atoms. The highest BCUT2D eigenvalue weighted by Gasteiger charge is 2.16. The predicted octanol–water partition coefficient (Wildman–Crippen LogP) is 2.38. The standard InChI is InChI=1S/C14H19FN2O4/c1-14(2,3)21-13(20)16-8-7-11(19)17-12-9(15)5-4-6-10(12)18/h4-6,18H,7-8H2,1-3H3,(H,16,20)(H,17,19). The Morgan fingerprint density at radius 2 is 2.00 bits per heavy atom. The number of benzene rings is 1. The largest absolute Gasteiger partial charge is 0.506 e. The minimum atomic E-state index is -0.733. The number of phenols is 1. The van der Waals surface area contributed by atoms with Crippen molar-refractivity contribution in [1.29, 1.82) is 0 Å². The number of ether oxygens (including phenoxy) is 1. The molecule has 6 nitrogen and oxygen atoms in total. The van der Waals surface area contributed by atoms with Crippen LogP contribution in [-0.4, -0.2) is 29.3 Å². The molecule has 0 aliphatic rings. The van der Waals surface area contributed by atoms with Gasteiger partial charge in [-0.2, -0.15) is 0 Å². The van der Waals surface area contributed by atoms with Crippen LogP contribution in [0.15, 0.2) is 18.2 Å². The molecule has 21 heavy (non-hydrogen) atoms. The van der Waals surface area contributed by atoms with Gasteiger partial charge in [0.05, 0.1) is 0 Å². The molecule has 0 saturated carbocycles. The van der Waals surface area contributed by atoms with Gasteiger partial charge in [0.1, 0.15) is 17.0 Å². The molecule has 0 radical (unpaired) electrons. The van der Waals surface area contributed by atoms with Gasteiger partial charge in [-0.15, -0.1) is 0 Å². The molecule has 1 aromatic rings. The summed E-state index contributed by atoms with van der Waals surface area (Å²) in [4.78, 5) is 22.9. The van der Waals surface area contributed by atoms with Gasteiger partial charge in [-0.1, -0.05) is 6.07 Å². The van der Waals surface area contributed by atoms with E-state index >= 15 is 0 Å². The molecule has 0 bridgehead atoms. The molecular weight excluding hydrogens is 279 g/mol. The van der Waals surface area contributed by atoms with Crippen molar-refractivity contribution in [1.82, 2.24) is 5.32 Å². The van der Waals surface area contributed by atoms with Crippen LogP contribution in [0.1, 0.15) is 27.2 Å². The number of halogens is 1. The van der Waals surface area contributed by atoms with Gasteiger partial charge in [-0.05, 0) is 32.9 Å². The van der Waals surface area contributed by atoms with E-state index < -0.39 is 23.4 Å². The van der Waals surface area contributed by atoms with Crippen LogP contribution < -0.4 is 10.6 Å². The molecule has 0 atom stereocenters. The zero-order valence-corrected chi connectivity index (χ0v) is 12.2. The smallest absolute Gasteiger partial charge is 0.407 e. The van der Waals surface area contributed by atoms with E-state index in [2.05, 4.69) is 10.6 Å². The van der Waals surface area contributed by atoms with E-state index in [0.717, 1.165) is 6.07 Å². The molecule has 7 heteroatoms. The van der Waals surface area contributed by atoms with Gasteiger partial charge in [0.2, 0.25) is 5.91 Å². The summed E-state index contributed by atoms with van der Waals surface area (Å²) in [6.07, 6.45) is -0.712. The van der Waals surface area contributed by atoms with E-state index in [1.807, 2.05) is 0 Å². The summed E-state index contributed by atoms with van der Waals surface area (Å²) in [6.45, 7) is 5.21. The second-order valence-electron chi connectivity index (χ2n) is 5.36. The van der Waals surface area contributed by atoms with E-state index in [9.17, 15) is 19.1 Å². The number of para-hydroxylation sites is 1. The van der Waals surface area contributed by atoms with E-state index in [4.69, 9.17) is 4.74 Å². The average Bonchev–Trinajstić information content (AvgIpc) is 2.31. The first-order valence-electron chi connectivity index (χ1n) is 6.43. The van der Waals surface area contributed by atoms with E-state index in [1.165, 1.54) is 12.1 Å².